The van der Waals surface area contributed by atoms with Gasteiger partial charge in [-0.05, 0) is 55.8 Å². The standard InChI is InChI=1S/C19H21ClFN5O/c1-11-3-2-4-15(21)16(11)25-10-12-9-23-18(20)24-17(12)26(19(25)27)14-7-5-13(22)6-8-14/h2-4,9,13-14H,5-8,10,22H2,1H3. The molecule has 2 aromatic rings. The zero-order valence-corrected chi connectivity index (χ0v) is 15.8. The van der Waals surface area contributed by atoms with Crippen LogP contribution in [0.2, 0.25) is 5.28 Å². The summed E-state index contributed by atoms with van der Waals surface area (Å²) in [6, 6.07) is 4.62. The minimum Gasteiger partial charge on any atom is -0.328 e. The Morgan fingerprint density at radius 2 is 2.00 bits per heavy atom. The van der Waals surface area contributed by atoms with E-state index in [9.17, 15) is 9.18 Å². The molecule has 0 atom stereocenters. The smallest absolute Gasteiger partial charge is 0.328 e. The van der Waals surface area contributed by atoms with Gasteiger partial charge in [-0.1, -0.05) is 12.1 Å². The second-order valence-electron chi connectivity index (χ2n) is 7.20. The third-order valence-electron chi connectivity index (χ3n) is 5.37. The van der Waals surface area contributed by atoms with Crippen molar-refractivity contribution in [3.63, 3.8) is 0 Å². The maximum absolute atomic E-state index is 14.6. The lowest BCUT2D eigenvalue weighted by atomic mass is 9.90. The van der Waals surface area contributed by atoms with Gasteiger partial charge in [0, 0.05) is 23.8 Å². The maximum Gasteiger partial charge on any atom is 0.330 e. The molecule has 1 aromatic carbocycles. The van der Waals surface area contributed by atoms with E-state index >= 15 is 0 Å². The topological polar surface area (TPSA) is 75.3 Å². The van der Waals surface area contributed by atoms with E-state index in [1.165, 1.54) is 11.0 Å². The second-order valence-corrected chi connectivity index (χ2v) is 7.54. The van der Waals surface area contributed by atoms with Crippen LogP contribution in [0.5, 0.6) is 0 Å². The Morgan fingerprint density at radius 1 is 1.26 bits per heavy atom. The van der Waals surface area contributed by atoms with E-state index in [2.05, 4.69) is 9.97 Å². The molecule has 0 spiro atoms. The highest BCUT2D eigenvalue weighted by molar-refractivity contribution is 6.28. The van der Waals surface area contributed by atoms with Crippen LogP contribution < -0.4 is 15.5 Å². The van der Waals surface area contributed by atoms with Crippen molar-refractivity contribution >= 4 is 29.1 Å². The van der Waals surface area contributed by atoms with E-state index in [1.54, 1.807) is 30.2 Å². The van der Waals surface area contributed by atoms with E-state index in [0.29, 0.717) is 17.1 Å². The average molecular weight is 390 g/mol. The third kappa shape index (κ3) is 3.26. The first-order valence-corrected chi connectivity index (χ1v) is 9.46. The Bertz CT molecular complexity index is 864. The molecule has 27 heavy (non-hydrogen) atoms. The SMILES string of the molecule is Cc1cccc(F)c1N1Cc2cnc(Cl)nc2N(C2CCC(N)CC2)C1=O. The number of fused-ring (bicyclic) bond motifs is 1. The predicted molar refractivity (Wildman–Crippen MR) is 102 cm³/mol. The van der Waals surface area contributed by atoms with Gasteiger partial charge < -0.3 is 5.73 Å². The quantitative estimate of drug-likeness (QED) is 0.793. The zero-order chi connectivity index (χ0) is 19.1. The molecule has 0 unspecified atom stereocenters. The highest BCUT2D eigenvalue weighted by atomic mass is 35.5. The van der Waals surface area contributed by atoms with Gasteiger partial charge in [0.1, 0.15) is 11.6 Å². The Hall–Kier alpha value is -2.25. The molecule has 2 aliphatic rings. The van der Waals surface area contributed by atoms with E-state index in [-0.39, 0.29) is 29.9 Å². The molecular formula is C19H21ClFN5O. The van der Waals surface area contributed by atoms with Crippen molar-refractivity contribution in [1.29, 1.82) is 0 Å². The fraction of sp³-hybridized carbons (Fsp3) is 0.421. The number of para-hydroxylation sites is 1. The fourth-order valence-corrected chi connectivity index (χ4v) is 4.11. The summed E-state index contributed by atoms with van der Waals surface area (Å²) in [5.74, 6) is 0.0954. The van der Waals surface area contributed by atoms with Crippen LogP contribution in [0.4, 0.5) is 20.7 Å². The minimum absolute atomic E-state index is 0.0445. The summed E-state index contributed by atoms with van der Waals surface area (Å²) in [5.41, 5.74) is 7.77. The molecule has 1 aromatic heterocycles. The fourth-order valence-electron chi connectivity index (χ4n) is 3.98. The second kappa shape index (κ2) is 7.05. The Balaban J connectivity index is 1.79. The van der Waals surface area contributed by atoms with Gasteiger partial charge in [-0.2, -0.15) is 4.98 Å². The predicted octanol–water partition coefficient (Wildman–Crippen LogP) is 3.79. The minimum atomic E-state index is -0.424. The first kappa shape index (κ1) is 18.1. The first-order chi connectivity index (χ1) is 13.0. The molecule has 0 bridgehead atoms. The first-order valence-electron chi connectivity index (χ1n) is 9.08. The summed E-state index contributed by atoms with van der Waals surface area (Å²) in [7, 11) is 0. The number of aryl methyl sites for hydroxylation is 1. The van der Waals surface area contributed by atoms with Gasteiger partial charge in [0.05, 0.1) is 12.2 Å². The zero-order valence-electron chi connectivity index (χ0n) is 15.0. The molecule has 1 saturated carbocycles. The number of carbonyl (C=O) groups is 1. The molecule has 1 fully saturated rings. The van der Waals surface area contributed by atoms with Crippen molar-refractivity contribution in [3.8, 4) is 0 Å². The van der Waals surface area contributed by atoms with E-state index < -0.39 is 5.82 Å². The molecule has 6 nitrogen and oxygen atoms in total. The van der Waals surface area contributed by atoms with Crippen LogP contribution in [-0.2, 0) is 6.54 Å². The normalized spacial score (nSPS) is 22.7. The lowest BCUT2D eigenvalue weighted by Gasteiger charge is -2.42. The third-order valence-corrected chi connectivity index (χ3v) is 5.55. The van der Waals surface area contributed by atoms with Crippen LogP contribution in [-0.4, -0.2) is 28.1 Å². The number of anilines is 2. The van der Waals surface area contributed by atoms with Crippen molar-refractivity contribution in [2.45, 2.75) is 51.2 Å². The van der Waals surface area contributed by atoms with E-state index in [0.717, 1.165) is 31.2 Å². The van der Waals surface area contributed by atoms with Crippen molar-refractivity contribution in [3.05, 3.63) is 46.6 Å². The number of hydrogen-bond donors (Lipinski definition) is 1. The number of benzene rings is 1. The van der Waals surface area contributed by atoms with Gasteiger partial charge in [-0.15, -0.1) is 0 Å². The summed E-state index contributed by atoms with van der Waals surface area (Å²) in [6.45, 7) is 2.00. The maximum atomic E-state index is 14.6. The number of halogens is 2. The van der Waals surface area contributed by atoms with Crippen LogP contribution in [0.25, 0.3) is 0 Å². The number of nitrogens with two attached hydrogens (primary N) is 1. The molecule has 142 valence electrons. The van der Waals surface area contributed by atoms with Gasteiger partial charge in [-0.25, -0.2) is 14.2 Å². The number of hydrogen-bond acceptors (Lipinski definition) is 4. The molecule has 1 aliphatic heterocycles. The summed E-state index contributed by atoms with van der Waals surface area (Å²) in [4.78, 5) is 24.9. The number of nitrogens with zero attached hydrogens (tertiary/aromatic N) is 4. The van der Waals surface area contributed by atoms with Crippen LogP contribution in [0.3, 0.4) is 0 Å². The number of urea groups is 1. The molecule has 8 heteroatoms. The van der Waals surface area contributed by atoms with Crippen molar-refractivity contribution in [2.24, 2.45) is 5.73 Å². The summed E-state index contributed by atoms with van der Waals surface area (Å²) < 4.78 is 14.6. The van der Waals surface area contributed by atoms with Gasteiger partial charge in [0.15, 0.2) is 0 Å². The number of amides is 2. The highest BCUT2D eigenvalue weighted by Gasteiger charge is 2.39. The number of carbonyl (C=O) groups excluding carboxylic acids is 1. The molecule has 4 rings (SSSR count). The molecule has 2 amide bonds. The Kier molecular flexibility index (Phi) is 4.74. The summed E-state index contributed by atoms with van der Waals surface area (Å²) in [5, 5.41) is 0.0922. The Morgan fingerprint density at radius 3 is 2.70 bits per heavy atom. The molecule has 1 aliphatic carbocycles. The van der Waals surface area contributed by atoms with Crippen LogP contribution in [0.15, 0.2) is 24.4 Å². The molecule has 2 heterocycles. The number of rotatable bonds is 2. The average Bonchev–Trinajstić information content (AvgIpc) is 2.63. The number of aromatic nitrogens is 2. The van der Waals surface area contributed by atoms with Gasteiger partial charge in [0.25, 0.3) is 0 Å². The molecule has 0 saturated heterocycles. The van der Waals surface area contributed by atoms with Crippen molar-refractivity contribution in [2.75, 3.05) is 9.80 Å². The molecule has 0 radical (unpaired) electrons. The highest BCUT2D eigenvalue weighted by Crippen LogP contribution is 2.37. The van der Waals surface area contributed by atoms with Crippen molar-refractivity contribution in [1.82, 2.24) is 9.97 Å². The van der Waals surface area contributed by atoms with E-state index in [1.807, 2.05) is 0 Å². The van der Waals surface area contributed by atoms with Gasteiger partial charge >= 0.3 is 6.03 Å². The van der Waals surface area contributed by atoms with E-state index in [4.69, 9.17) is 17.3 Å². The lowest BCUT2D eigenvalue weighted by molar-refractivity contribution is 0.243. The summed E-state index contributed by atoms with van der Waals surface area (Å²) >= 11 is 6.00. The lowest BCUT2D eigenvalue weighted by Crippen LogP contribution is -2.54. The summed E-state index contributed by atoms with van der Waals surface area (Å²) in [6.07, 6.45) is 4.83. The molecular weight excluding hydrogens is 369 g/mol. The molecule has 2 N–H and O–H groups in total. The van der Waals surface area contributed by atoms with Crippen molar-refractivity contribution < 1.29 is 9.18 Å². The van der Waals surface area contributed by atoms with Crippen LogP contribution >= 0.6 is 11.6 Å². The largest absolute Gasteiger partial charge is 0.330 e. The van der Waals surface area contributed by atoms with Gasteiger partial charge in [0.2, 0.25) is 5.28 Å². The van der Waals surface area contributed by atoms with Crippen LogP contribution in [0, 0.1) is 12.7 Å². The van der Waals surface area contributed by atoms with Crippen LogP contribution in [0.1, 0.15) is 36.8 Å². The van der Waals surface area contributed by atoms with Gasteiger partial charge in [-0.3, -0.25) is 9.80 Å². The Labute approximate surface area is 162 Å². The monoisotopic (exact) mass is 389 g/mol.